The first-order valence-corrected chi connectivity index (χ1v) is 7.20. The van der Waals surface area contributed by atoms with Crippen LogP contribution in [0.1, 0.15) is 5.56 Å². The highest BCUT2D eigenvalue weighted by Crippen LogP contribution is 2.31. The SMILES string of the molecule is COc1cc2nc(NCc3ccccc3[N+](=O)[O-])[nH]c2cc1OC. The lowest BCUT2D eigenvalue weighted by Crippen LogP contribution is -2.03. The Kier molecular flexibility index (Phi) is 4.19. The zero-order valence-electron chi connectivity index (χ0n) is 13.2. The summed E-state index contributed by atoms with van der Waals surface area (Å²) in [5.41, 5.74) is 2.14. The molecule has 2 aromatic carbocycles. The van der Waals surface area contributed by atoms with E-state index in [1.807, 2.05) is 0 Å². The van der Waals surface area contributed by atoms with Gasteiger partial charge in [-0.2, -0.15) is 0 Å². The molecule has 8 heteroatoms. The Morgan fingerprint density at radius 3 is 2.62 bits per heavy atom. The Balaban J connectivity index is 1.85. The number of methoxy groups -OCH3 is 2. The molecule has 3 rings (SSSR count). The quantitative estimate of drug-likeness (QED) is 0.532. The highest BCUT2D eigenvalue weighted by Gasteiger charge is 2.13. The van der Waals surface area contributed by atoms with Crippen molar-refractivity contribution in [1.29, 1.82) is 0 Å². The van der Waals surface area contributed by atoms with E-state index in [4.69, 9.17) is 9.47 Å². The van der Waals surface area contributed by atoms with Crippen LogP contribution in [0.2, 0.25) is 0 Å². The summed E-state index contributed by atoms with van der Waals surface area (Å²) in [6.07, 6.45) is 0. The molecule has 0 unspecified atom stereocenters. The zero-order chi connectivity index (χ0) is 17.1. The van der Waals surface area contributed by atoms with Crippen LogP contribution in [0.5, 0.6) is 11.5 Å². The number of imidazole rings is 1. The van der Waals surface area contributed by atoms with Gasteiger partial charge in [0.2, 0.25) is 5.95 Å². The molecule has 0 bridgehead atoms. The predicted molar refractivity (Wildman–Crippen MR) is 89.6 cm³/mol. The standard InChI is InChI=1S/C16H16N4O4/c1-23-14-7-11-12(8-15(14)24-2)19-16(18-11)17-9-10-5-3-4-6-13(10)20(21)22/h3-8H,9H2,1-2H3,(H2,17,18,19). The van der Waals surface area contributed by atoms with E-state index in [2.05, 4.69) is 15.3 Å². The maximum Gasteiger partial charge on any atom is 0.274 e. The molecule has 1 aromatic heterocycles. The summed E-state index contributed by atoms with van der Waals surface area (Å²) in [6.45, 7) is 0.283. The number of nitrogens with one attached hydrogen (secondary N) is 2. The second-order valence-corrected chi connectivity index (χ2v) is 5.05. The van der Waals surface area contributed by atoms with Crippen LogP contribution in [-0.2, 0) is 6.54 Å². The number of aromatic nitrogens is 2. The Hall–Kier alpha value is -3.29. The number of hydrogen-bond donors (Lipinski definition) is 2. The number of hydrogen-bond acceptors (Lipinski definition) is 6. The van der Waals surface area contributed by atoms with Crippen LogP contribution < -0.4 is 14.8 Å². The minimum absolute atomic E-state index is 0.0736. The number of ether oxygens (including phenoxy) is 2. The molecule has 24 heavy (non-hydrogen) atoms. The maximum atomic E-state index is 11.0. The van der Waals surface area contributed by atoms with Gasteiger partial charge in [0, 0.05) is 30.3 Å². The number of H-pyrrole nitrogens is 1. The average molecular weight is 328 g/mol. The Labute approximate surface area is 137 Å². The molecule has 124 valence electrons. The number of rotatable bonds is 6. The largest absolute Gasteiger partial charge is 0.493 e. The predicted octanol–water partition coefficient (Wildman–Crippen LogP) is 3.10. The van der Waals surface area contributed by atoms with E-state index in [1.54, 1.807) is 44.6 Å². The third-order valence-corrected chi connectivity index (χ3v) is 3.62. The van der Waals surface area contributed by atoms with E-state index in [9.17, 15) is 10.1 Å². The van der Waals surface area contributed by atoms with Gasteiger partial charge in [0.25, 0.3) is 5.69 Å². The Bertz CT molecular complexity index is 850. The van der Waals surface area contributed by atoms with Crippen molar-refractivity contribution in [1.82, 2.24) is 9.97 Å². The van der Waals surface area contributed by atoms with Gasteiger partial charge in [-0.15, -0.1) is 0 Å². The second-order valence-electron chi connectivity index (χ2n) is 5.05. The first-order valence-electron chi connectivity index (χ1n) is 7.20. The lowest BCUT2D eigenvalue weighted by molar-refractivity contribution is -0.385. The van der Waals surface area contributed by atoms with Crippen molar-refractivity contribution in [2.75, 3.05) is 19.5 Å². The number of nitro benzene ring substituents is 1. The Morgan fingerprint density at radius 1 is 1.21 bits per heavy atom. The highest BCUT2D eigenvalue weighted by molar-refractivity contribution is 5.81. The molecular weight excluding hydrogens is 312 g/mol. The van der Waals surface area contributed by atoms with Gasteiger partial charge in [0.05, 0.1) is 30.2 Å². The smallest absolute Gasteiger partial charge is 0.274 e. The fourth-order valence-electron chi connectivity index (χ4n) is 2.44. The van der Waals surface area contributed by atoms with E-state index < -0.39 is 4.92 Å². The third-order valence-electron chi connectivity index (χ3n) is 3.62. The van der Waals surface area contributed by atoms with Crippen LogP contribution in [0.3, 0.4) is 0 Å². The van der Waals surface area contributed by atoms with E-state index in [1.165, 1.54) is 6.07 Å². The summed E-state index contributed by atoms with van der Waals surface area (Å²) >= 11 is 0. The van der Waals surface area contributed by atoms with Gasteiger partial charge in [-0.25, -0.2) is 4.98 Å². The van der Waals surface area contributed by atoms with E-state index in [0.717, 1.165) is 5.52 Å². The van der Waals surface area contributed by atoms with Gasteiger partial charge in [0.1, 0.15) is 0 Å². The van der Waals surface area contributed by atoms with Gasteiger partial charge in [-0.05, 0) is 0 Å². The fraction of sp³-hybridized carbons (Fsp3) is 0.188. The molecule has 0 amide bonds. The van der Waals surface area contributed by atoms with Gasteiger partial charge in [-0.1, -0.05) is 18.2 Å². The van der Waals surface area contributed by atoms with E-state index in [-0.39, 0.29) is 12.2 Å². The molecule has 0 saturated carbocycles. The van der Waals surface area contributed by atoms with E-state index >= 15 is 0 Å². The lowest BCUT2D eigenvalue weighted by atomic mass is 10.2. The normalized spacial score (nSPS) is 10.6. The summed E-state index contributed by atoms with van der Waals surface area (Å²) < 4.78 is 10.5. The van der Waals surface area contributed by atoms with Crippen molar-refractivity contribution in [3.63, 3.8) is 0 Å². The summed E-state index contributed by atoms with van der Waals surface area (Å²) in [6, 6.07) is 10.1. The second kappa shape index (κ2) is 6.45. The molecule has 0 saturated heterocycles. The minimum atomic E-state index is -0.397. The van der Waals surface area contributed by atoms with Crippen LogP contribution in [0.25, 0.3) is 11.0 Å². The molecule has 8 nitrogen and oxygen atoms in total. The van der Waals surface area contributed by atoms with E-state index in [0.29, 0.717) is 28.5 Å². The van der Waals surface area contributed by atoms with Crippen molar-refractivity contribution in [3.05, 3.63) is 52.1 Å². The van der Waals surface area contributed by atoms with Crippen LogP contribution in [0.4, 0.5) is 11.6 Å². The van der Waals surface area contributed by atoms with Crippen molar-refractivity contribution in [2.45, 2.75) is 6.54 Å². The van der Waals surface area contributed by atoms with Gasteiger partial charge < -0.3 is 19.8 Å². The molecule has 0 aliphatic heterocycles. The van der Waals surface area contributed by atoms with Crippen LogP contribution in [-0.4, -0.2) is 29.1 Å². The number of nitro groups is 1. The van der Waals surface area contributed by atoms with Crippen LogP contribution in [0.15, 0.2) is 36.4 Å². The fourth-order valence-corrected chi connectivity index (χ4v) is 2.44. The number of fused-ring (bicyclic) bond motifs is 1. The topological polar surface area (TPSA) is 102 Å². The molecule has 0 radical (unpaired) electrons. The van der Waals surface area contributed by atoms with Crippen molar-refractivity contribution >= 4 is 22.7 Å². The molecule has 0 aliphatic carbocycles. The molecule has 0 atom stereocenters. The van der Waals surface area contributed by atoms with Gasteiger partial charge in [-0.3, -0.25) is 10.1 Å². The van der Waals surface area contributed by atoms with Crippen LogP contribution >= 0.6 is 0 Å². The summed E-state index contributed by atoms with van der Waals surface area (Å²) in [7, 11) is 3.12. The molecule has 1 heterocycles. The molecule has 0 spiro atoms. The average Bonchev–Trinajstić information content (AvgIpc) is 3.00. The molecule has 0 fully saturated rings. The van der Waals surface area contributed by atoms with Gasteiger partial charge in [0.15, 0.2) is 11.5 Å². The zero-order valence-corrected chi connectivity index (χ0v) is 13.2. The molecule has 2 N–H and O–H groups in total. The highest BCUT2D eigenvalue weighted by atomic mass is 16.6. The number of aromatic amines is 1. The first-order chi connectivity index (χ1) is 11.6. The Morgan fingerprint density at radius 2 is 1.92 bits per heavy atom. The number of para-hydroxylation sites is 1. The van der Waals surface area contributed by atoms with Crippen molar-refractivity contribution < 1.29 is 14.4 Å². The van der Waals surface area contributed by atoms with Crippen molar-refractivity contribution in [3.8, 4) is 11.5 Å². The number of anilines is 1. The lowest BCUT2D eigenvalue weighted by Gasteiger charge is -2.06. The first kappa shape index (κ1) is 15.6. The molecular formula is C16H16N4O4. The van der Waals surface area contributed by atoms with Crippen LogP contribution in [0, 0.1) is 10.1 Å². The maximum absolute atomic E-state index is 11.0. The molecule has 0 aliphatic rings. The number of nitrogens with zero attached hydrogens (tertiary/aromatic N) is 2. The van der Waals surface area contributed by atoms with Crippen molar-refractivity contribution in [2.24, 2.45) is 0 Å². The monoisotopic (exact) mass is 328 g/mol. The minimum Gasteiger partial charge on any atom is -0.493 e. The molecule has 3 aromatic rings. The van der Waals surface area contributed by atoms with Gasteiger partial charge >= 0.3 is 0 Å². The summed E-state index contributed by atoms with van der Waals surface area (Å²) in [5, 5.41) is 14.1. The number of benzene rings is 2. The summed E-state index contributed by atoms with van der Waals surface area (Å²) in [5.74, 6) is 1.69. The third kappa shape index (κ3) is 2.94. The summed E-state index contributed by atoms with van der Waals surface area (Å²) in [4.78, 5) is 18.2.